The monoisotopic (exact) mass is 522 g/mol. The minimum absolute atomic E-state index is 0.00555. The summed E-state index contributed by atoms with van der Waals surface area (Å²) >= 11 is 12.1. The number of rotatable bonds is 8. The number of halogens is 2. The maximum atomic E-state index is 12.9. The molecule has 3 rings (SSSR count). The van der Waals surface area contributed by atoms with Crippen molar-refractivity contribution in [2.75, 3.05) is 23.8 Å². The summed E-state index contributed by atoms with van der Waals surface area (Å²) in [5, 5.41) is 2.96. The summed E-state index contributed by atoms with van der Waals surface area (Å²) < 4.78 is 38.3. The van der Waals surface area contributed by atoms with Crippen molar-refractivity contribution in [2.24, 2.45) is 0 Å². The van der Waals surface area contributed by atoms with Crippen molar-refractivity contribution in [1.82, 2.24) is 0 Å². The Morgan fingerprint density at radius 2 is 1.62 bits per heavy atom. The highest BCUT2D eigenvalue weighted by Gasteiger charge is 2.22. The van der Waals surface area contributed by atoms with Crippen LogP contribution in [0.15, 0.2) is 65.6 Å². The van der Waals surface area contributed by atoms with Crippen LogP contribution in [-0.4, -0.2) is 34.0 Å². The predicted octanol–water partition coefficient (Wildman–Crippen LogP) is 5.23. The number of carbonyl (C=O) groups is 2. The van der Waals surface area contributed by atoms with Crippen LogP contribution >= 0.6 is 23.2 Å². The Bertz CT molecular complexity index is 1330. The van der Waals surface area contributed by atoms with E-state index in [-0.39, 0.29) is 38.5 Å². The van der Waals surface area contributed by atoms with Gasteiger partial charge >= 0.3 is 5.97 Å². The average molecular weight is 523 g/mol. The highest BCUT2D eigenvalue weighted by atomic mass is 35.5. The molecule has 34 heavy (non-hydrogen) atoms. The molecule has 8 nitrogen and oxygen atoms in total. The van der Waals surface area contributed by atoms with E-state index in [9.17, 15) is 18.0 Å². The average Bonchev–Trinajstić information content (AvgIpc) is 2.81. The topological polar surface area (TPSA) is 111 Å². The molecule has 178 valence electrons. The smallest absolute Gasteiger partial charge is 0.338 e. The molecule has 0 unspecified atom stereocenters. The molecule has 0 heterocycles. The number of amides is 1. The van der Waals surface area contributed by atoms with E-state index in [1.165, 1.54) is 55.6 Å². The number of hydrogen-bond acceptors (Lipinski definition) is 6. The Morgan fingerprint density at radius 1 is 0.941 bits per heavy atom. The minimum Gasteiger partial charge on any atom is -0.495 e. The van der Waals surface area contributed by atoms with Crippen LogP contribution in [0.25, 0.3) is 0 Å². The van der Waals surface area contributed by atoms with Crippen LogP contribution in [0.5, 0.6) is 5.75 Å². The van der Waals surface area contributed by atoms with E-state index in [1.807, 2.05) is 0 Å². The zero-order chi connectivity index (χ0) is 24.9. The second-order valence-electron chi connectivity index (χ2n) is 6.85. The fourth-order valence-electron chi connectivity index (χ4n) is 2.91. The molecular formula is C23H20Cl2N2O6S. The van der Waals surface area contributed by atoms with E-state index in [0.717, 1.165) is 0 Å². The van der Waals surface area contributed by atoms with E-state index < -0.39 is 21.9 Å². The number of carbonyl (C=O) groups excluding carboxylic acids is 2. The van der Waals surface area contributed by atoms with E-state index in [1.54, 1.807) is 19.1 Å². The van der Waals surface area contributed by atoms with Gasteiger partial charge in [0.1, 0.15) is 10.6 Å². The Hall–Kier alpha value is -3.27. The summed E-state index contributed by atoms with van der Waals surface area (Å²) in [6.07, 6.45) is 0. The molecule has 0 spiro atoms. The molecule has 0 radical (unpaired) electrons. The zero-order valence-electron chi connectivity index (χ0n) is 18.1. The lowest BCUT2D eigenvalue weighted by atomic mass is 10.1. The van der Waals surface area contributed by atoms with Crippen LogP contribution in [0.3, 0.4) is 0 Å². The molecule has 0 saturated heterocycles. The van der Waals surface area contributed by atoms with Crippen molar-refractivity contribution in [3.63, 3.8) is 0 Å². The molecule has 0 aromatic heterocycles. The van der Waals surface area contributed by atoms with Crippen LogP contribution in [0, 0.1) is 0 Å². The van der Waals surface area contributed by atoms with Gasteiger partial charge in [-0.1, -0.05) is 23.2 Å². The molecule has 0 aliphatic carbocycles. The molecule has 0 fully saturated rings. The first-order valence-electron chi connectivity index (χ1n) is 9.89. The van der Waals surface area contributed by atoms with E-state index in [4.69, 9.17) is 32.7 Å². The largest absolute Gasteiger partial charge is 0.495 e. The predicted molar refractivity (Wildman–Crippen MR) is 131 cm³/mol. The van der Waals surface area contributed by atoms with Crippen molar-refractivity contribution in [2.45, 2.75) is 11.8 Å². The Morgan fingerprint density at radius 3 is 2.26 bits per heavy atom. The van der Waals surface area contributed by atoms with Gasteiger partial charge in [-0.3, -0.25) is 9.52 Å². The van der Waals surface area contributed by atoms with Gasteiger partial charge in [0.2, 0.25) is 0 Å². The zero-order valence-corrected chi connectivity index (χ0v) is 20.4. The van der Waals surface area contributed by atoms with Gasteiger partial charge < -0.3 is 14.8 Å². The number of esters is 1. The standard InChI is InChI=1S/C23H20Cl2N2O6S/c1-3-33-23(29)14-4-8-17(9-5-14)26-22(28)15-6-10-18(25)19(12-15)27-34(30,31)21-13-16(24)7-11-20(21)32-2/h4-13,27H,3H2,1-2H3,(H,26,28). The minimum atomic E-state index is -4.14. The highest BCUT2D eigenvalue weighted by molar-refractivity contribution is 7.92. The van der Waals surface area contributed by atoms with Gasteiger partial charge in [0.25, 0.3) is 15.9 Å². The first-order valence-corrected chi connectivity index (χ1v) is 12.1. The number of methoxy groups -OCH3 is 1. The summed E-state index contributed by atoms with van der Waals surface area (Å²) in [4.78, 5) is 24.3. The fraction of sp³-hybridized carbons (Fsp3) is 0.130. The van der Waals surface area contributed by atoms with Crippen molar-refractivity contribution in [1.29, 1.82) is 0 Å². The Labute approximate surface area is 206 Å². The van der Waals surface area contributed by atoms with Crippen LogP contribution in [0.2, 0.25) is 10.0 Å². The van der Waals surface area contributed by atoms with Gasteiger partial charge in [-0.25, -0.2) is 13.2 Å². The SMILES string of the molecule is CCOC(=O)c1ccc(NC(=O)c2ccc(Cl)c(NS(=O)(=O)c3cc(Cl)ccc3OC)c2)cc1. The molecular weight excluding hydrogens is 503 g/mol. The van der Waals surface area contributed by atoms with Crippen molar-refractivity contribution in [3.05, 3.63) is 81.8 Å². The molecule has 2 N–H and O–H groups in total. The summed E-state index contributed by atoms with van der Waals surface area (Å²) in [6, 6.07) is 14.5. The maximum absolute atomic E-state index is 12.9. The summed E-state index contributed by atoms with van der Waals surface area (Å²) in [5.74, 6) is -0.888. The summed E-state index contributed by atoms with van der Waals surface area (Å²) in [5.41, 5.74) is 0.918. The van der Waals surface area contributed by atoms with E-state index >= 15 is 0 Å². The van der Waals surface area contributed by atoms with Crippen LogP contribution < -0.4 is 14.8 Å². The van der Waals surface area contributed by atoms with Gasteiger partial charge in [-0.2, -0.15) is 0 Å². The number of hydrogen-bond donors (Lipinski definition) is 2. The van der Waals surface area contributed by atoms with Gasteiger partial charge in [0.15, 0.2) is 0 Å². The number of nitrogens with one attached hydrogen (secondary N) is 2. The van der Waals surface area contributed by atoms with Gasteiger partial charge in [-0.15, -0.1) is 0 Å². The molecule has 0 atom stereocenters. The van der Waals surface area contributed by atoms with Crippen LogP contribution in [-0.2, 0) is 14.8 Å². The highest BCUT2D eigenvalue weighted by Crippen LogP contribution is 2.31. The molecule has 0 bridgehead atoms. The van der Waals surface area contributed by atoms with Crippen molar-refractivity contribution in [3.8, 4) is 5.75 Å². The van der Waals surface area contributed by atoms with E-state index in [2.05, 4.69) is 10.0 Å². The second kappa shape index (κ2) is 10.8. The lowest BCUT2D eigenvalue weighted by molar-refractivity contribution is 0.0526. The molecule has 1 amide bonds. The summed E-state index contributed by atoms with van der Waals surface area (Å²) in [7, 11) is -2.81. The third-order valence-electron chi connectivity index (χ3n) is 4.54. The number of sulfonamides is 1. The Kier molecular flexibility index (Phi) is 8.03. The molecule has 3 aromatic carbocycles. The Balaban J connectivity index is 1.81. The number of anilines is 2. The van der Waals surface area contributed by atoms with Gasteiger partial charge in [0, 0.05) is 16.3 Å². The fourth-order valence-corrected chi connectivity index (χ4v) is 4.64. The third-order valence-corrected chi connectivity index (χ3v) is 6.49. The van der Waals surface area contributed by atoms with Gasteiger partial charge in [0.05, 0.1) is 30.0 Å². The van der Waals surface area contributed by atoms with Gasteiger partial charge in [-0.05, 0) is 67.6 Å². The van der Waals surface area contributed by atoms with Crippen molar-refractivity contribution < 1.29 is 27.5 Å². The number of benzene rings is 3. The van der Waals surface area contributed by atoms with Crippen LogP contribution in [0.4, 0.5) is 11.4 Å². The molecule has 0 aliphatic heterocycles. The van der Waals surface area contributed by atoms with E-state index in [0.29, 0.717) is 11.3 Å². The first-order chi connectivity index (χ1) is 16.1. The normalized spacial score (nSPS) is 10.9. The molecule has 0 aliphatic rings. The second-order valence-corrected chi connectivity index (χ2v) is 9.34. The third kappa shape index (κ3) is 5.99. The number of ether oxygens (including phenoxy) is 2. The maximum Gasteiger partial charge on any atom is 0.338 e. The van der Waals surface area contributed by atoms with Crippen LogP contribution in [0.1, 0.15) is 27.6 Å². The molecule has 3 aromatic rings. The lowest BCUT2D eigenvalue weighted by Crippen LogP contribution is -2.16. The van der Waals surface area contributed by atoms with Crippen molar-refractivity contribution >= 4 is 56.5 Å². The molecule has 11 heteroatoms. The summed E-state index contributed by atoms with van der Waals surface area (Å²) in [6.45, 7) is 1.96. The quantitative estimate of drug-likeness (QED) is 0.391. The lowest BCUT2D eigenvalue weighted by Gasteiger charge is -2.14. The molecule has 0 saturated carbocycles. The first kappa shape index (κ1) is 25.4.